The van der Waals surface area contributed by atoms with E-state index in [0.29, 0.717) is 25.2 Å². The molecule has 23 heavy (non-hydrogen) atoms. The molecule has 1 fully saturated rings. The highest BCUT2D eigenvalue weighted by atomic mass is 32.2. The van der Waals surface area contributed by atoms with E-state index in [4.69, 9.17) is 0 Å². The van der Waals surface area contributed by atoms with E-state index in [1.54, 1.807) is 11.2 Å². The summed E-state index contributed by atoms with van der Waals surface area (Å²) in [5, 5.41) is 3.67. The topological polar surface area (TPSA) is 49.4 Å². The van der Waals surface area contributed by atoms with Crippen LogP contribution < -0.4 is 5.32 Å². The SMILES string of the molecule is CCS(=O)(=O)N1CCC(NC(C)CCc2cccc(C)c2)CC1. The molecule has 1 aromatic rings. The van der Waals surface area contributed by atoms with E-state index in [-0.39, 0.29) is 5.75 Å². The second kappa shape index (κ2) is 8.27. The van der Waals surface area contributed by atoms with Crippen molar-refractivity contribution in [3.63, 3.8) is 0 Å². The molecule has 0 radical (unpaired) electrons. The molecule has 1 N–H and O–H groups in total. The third-order valence-corrected chi connectivity index (χ3v) is 6.56. The van der Waals surface area contributed by atoms with E-state index < -0.39 is 10.0 Å². The summed E-state index contributed by atoms with van der Waals surface area (Å²) >= 11 is 0. The quantitative estimate of drug-likeness (QED) is 0.832. The number of nitrogens with one attached hydrogen (secondary N) is 1. The molecular formula is C18H30N2O2S. The van der Waals surface area contributed by atoms with Gasteiger partial charge in [0.25, 0.3) is 0 Å². The molecule has 1 aliphatic rings. The molecule has 2 rings (SSSR count). The standard InChI is InChI=1S/C18H30N2O2S/c1-4-23(21,22)20-12-10-18(11-13-20)19-16(3)8-9-17-7-5-6-15(2)14-17/h5-7,14,16,18-19H,4,8-13H2,1-3H3. The molecule has 4 nitrogen and oxygen atoms in total. The number of sulfonamides is 1. The molecule has 1 aliphatic heterocycles. The lowest BCUT2D eigenvalue weighted by atomic mass is 10.0. The van der Waals surface area contributed by atoms with Gasteiger partial charge in [0.1, 0.15) is 0 Å². The number of piperidine rings is 1. The van der Waals surface area contributed by atoms with Gasteiger partial charge >= 0.3 is 0 Å². The van der Waals surface area contributed by atoms with Crippen LogP contribution in [0.1, 0.15) is 44.2 Å². The highest BCUT2D eigenvalue weighted by Gasteiger charge is 2.26. The second-order valence-electron chi connectivity index (χ2n) is 6.67. The Morgan fingerprint density at radius 3 is 2.61 bits per heavy atom. The zero-order valence-corrected chi connectivity index (χ0v) is 15.4. The van der Waals surface area contributed by atoms with Gasteiger partial charge in [-0.15, -0.1) is 0 Å². The van der Waals surface area contributed by atoms with E-state index in [0.717, 1.165) is 25.7 Å². The molecular weight excluding hydrogens is 308 g/mol. The van der Waals surface area contributed by atoms with Crippen molar-refractivity contribution in [2.45, 2.75) is 58.5 Å². The molecule has 1 unspecified atom stereocenters. The van der Waals surface area contributed by atoms with Gasteiger partial charge in [-0.25, -0.2) is 12.7 Å². The predicted octanol–water partition coefficient (Wildman–Crippen LogP) is 2.72. The van der Waals surface area contributed by atoms with Gasteiger partial charge < -0.3 is 5.32 Å². The minimum absolute atomic E-state index is 0.206. The van der Waals surface area contributed by atoms with Gasteiger partial charge in [-0.1, -0.05) is 29.8 Å². The number of hydrogen-bond acceptors (Lipinski definition) is 3. The third kappa shape index (κ3) is 5.59. The van der Waals surface area contributed by atoms with Crippen molar-refractivity contribution in [3.8, 4) is 0 Å². The molecule has 1 aromatic carbocycles. The maximum atomic E-state index is 11.9. The van der Waals surface area contributed by atoms with Gasteiger partial charge in [-0.2, -0.15) is 0 Å². The van der Waals surface area contributed by atoms with Crippen molar-refractivity contribution in [3.05, 3.63) is 35.4 Å². The van der Waals surface area contributed by atoms with Crippen molar-refractivity contribution in [2.24, 2.45) is 0 Å². The Morgan fingerprint density at radius 2 is 2.00 bits per heavy atom. The summed E-state index contributed by atoms with van der Waals surface area (Å²) in [6, 6.07) is 9.57. The van der Waals surface area contributed by atoms with Gasteiger partial charge in [0.2, 0.25) is 10.0 Å². The van der Waals surface area contributed by atoms with Gasteiger partial charge in [0.15, 0.2) is 0 Å². The summed E-state index contributed by atoms with van der Waals surface area (Å²) in [6.07, 6.45) is 4.01. The Bertz CT molecular complexity index is 593. The summed E-state index contributed by atoms with van der Waals surface area (Å²) in [5.74, 6) is 0.206. The van der Waals surface area contributed by atoms with Crippen molar-refractivity contribution in [1.82, 2.24) is 9.62 Å². The average molecular weight is 339 g/mol. The zero-order chi connectivity index (χ0) is 16.9. The highest BCUT2D eigenvalue weighted by molar-refractivity contribution is 7.89. The van der Waals surface area contributed by atoms with Crippen LogP contribution in [-0.2, 0) is 16.4 Å². The molecule has 5 heteroatoms. The summed E-state index contributed by atoms with van der Waals surface area (Å²) in [6.45, 7) is 7.37. The molecule has 0 saturated carbocycles. The lowest BCUT2D eigenvalue weighted by molar-refractivity contribution is 0.273. The monoisotopic (exact) mass is 338 g/mol. The van der Waals surface area contributed by atoms with E-state index in [1.807, 2.05) is 0 Å². The minimum atomic E-state index is -3.02. The van der Waals surface area contributed by atoms with Gasteiger partial charge in [0, 0.05) is 25.2 Å². The van der Waals surface area contributed by atoms with Crippen LogP contribution in [0.25, 0.3) is 0 Å². The number of nitrogens with zero attached hydrogens (tertiary/aromatic N) is 1. The summed E-state index contributed by atoms with van der Waals surface area (Å²) in [7, 11) is -3.02. The van der Waals surface area contributed by atoms with E-state index in [2.05, 4.69) is 43.4 Å². The Hall–Kier alpha value is -0.910. The van der Waals surface area contributed by atoms with Crippen LogP contribution in [-0.4, -0.2) is 43.6 Å². The summed E-state index contributed by atoms with van der Waals surface area (Å²) in [4.78, 5) is 0. The first kappa shape index (κ1) is 18.4. The van der Waals surface area contributed by atoms with Crippen LogP contribution in [0, 0.1) is 6.92 Å². The van der Waals surface area contributed by atoms with Gasteiger partial charge in [-0.05, 0) is 52.0 Å². The van der Waals surface area contributed by atoms with Crippen molar-refractivity contribution >= 4 is 10.0 Å². The maximum absolute atomic E-state index is 11.9. The molecule has 0 aromatic heterocycles. The molecule has 130 valence electrons. The van der Waals surface area contributed by atoms with Crippen LogP contribution in [0.5, 0.6) is 0 Å². The summed E-state index contributed by atoms with van der Waals surface area (Å²) in [5.41, 5.74) is 2.70. The molecule has 1 atom stereocenters. The fourth-order valence-electron chi connectivity index (χ4n) is 3.22. The average Bonchev–Trinajstić information content (AvgIpc) is 2.53. The number of rotatable bonds is 7. The molecule has 0 bridgehead atoms. The van der Waals surface area contributed by atoms with Crippen LogP contribution in [0.4, 0.5) is 0 Å². The molecule has 1 saturated heterocycles. The van der Waals surface area contributed by atoms with Crippen LogP contribution in [0.15, 0.2) is 24.3 Å². The Kier molecular flexibility index (Phi) is 6.62. The van der Waals surface area contributed by atoms with E-state index >= 15 is 0 Å². The Labute approximate surface area is 141 Å². The summed E-state index contributed by atoms with van der Waals surface area (Å²) < 4.78 is 25.4. The van der Waals surface area contributed by atoms with Gasteiger partial charge in [0.05, 0.1) is 5.75 Å². The van der Waals surface area contributed by atoms with E-state index in [9.17, 15) is 8.42 Å². The van der Waals surface area contributed by atoms with Crippen LogP contribution in [0.3, 0.4) is 0 Å². The molecule has 0 amide bonds. The maximum Gasteiger partial charge on any atom is 0.213 e. The zero-order valence-electron chi connectivity index (χ0n) is 14.6. The molecule has 0 spiro atoms. The molecule has 0 aliphatic carbocycles. The number of aryl methyl sites for hydroxylation is 2. The van der Waals surface area contributed by atoms with Crippen molar-refractivity contribution in [1.29, 1.82) is 0 Å². The Morgan fingerprint density at radius 1 is 1.30 bits per heavy atom. The second-order valence-corrected chi connectivity index (χ2v) is 8.93. The largest absolute Gasteiger partial charge is 0.311 e. The van der Waals surface area contributed by atoms with Crippen molar-refractivity contribution < 1.29 is 8.42 Å². The van der Waals surface area contributed by atoms with Crippen molar-refractivity contribution in [2.75, 3.05) is 18.8 Å². The van der Waals surface area contributed by atoms with Gasteiger partial charge in [-0.3, -0.25) is 0 Å². The smallest absolute Gasteiger partial charge is 0.213 e. The minimum Gasteiger partial charge on any atom is -0.311 e. The number of benzene rings is 1. The lowest BCUT2D eigenvalue weighted by Gasteiger charge is -2.33. The van der Waals surface area contributed by atoms with E-state index in [1.165, 1.54) is 11.1 Å². The predicted molar refractivity (Wildman–Crippen MR) is 96.2 cm³/mol. The first-order valence-corrected chi connectivity index (χ1v) is 10.3. The van der Waals surface area contributed by atoms with Crippen LogP contribution in [0.2, 0.25) is 0 Å². The normalized spacial score (nSPS) is 18.9. The fourth-order valence-corrected chi connectivity index (χ4v) is 4.35. The lowest BCUT2D eigenvalue weighted by Crippen LogP contribution is -2.47. The highest BCUT2D eigenvalue weighted by Crippen LogP contribution is 2.16. The first-order chi connectivity index (χ1) is 10.9. The molecule has 1 heterocycles. The fraction of sp³-hybridized carbons (Fsp3) is 0.667. The third-order valence-electron chi connectivity index (χ3n) is 4.68. The first-order valence-electron chi connectivity index (χ1n) is 8.70. The Balaban J connectivity index is 1.73. The van der Waals surface area contributed by atoms with Crippen LogP contribution >= 0.6 is 0 Å². The number of hydrogen-bond donors (Lipinski definition) is 1.